The number of likely N-dealkylation sites (N-methyl/N-ethyl adjacent to an activating group) is 1. The molecule has 3 rings (SSSR count). The summed E-state index contributed by atoms with van der Waals surface area (Å²) in [5.41, 5.74) is 0.840. The molecule has 0 radical (unpaired) electrons. The highest BCUT2D eigenvalue weighted by atomic mass is 32.1. The minimum absolute atomic E-state index is 0.121. The molecule has 2 amide bonds. The first-order chi connectivity index (χ1) is 11.2. The molecule has 1 atom stereocenters. The molecule has 0 aliphatic carbocycles. The normalized spacial score (nSPS) is 16.8. The molecule has 0 saturated carbocycles. The van der Waals surface area contributed by atoms with Crippen molar-refractivity contribution >= 4 is 23.2 Å². The summed E-state index contributed by atoms with van der Waals surface area (Å²) in [6.45, 7) is 3.10. The van der Waals surface area contributed by atoms with Crippen LogP contribution < -0.4 is 10.1 Å². The zero-order valence-corrected chi connectivity index (χ0v) is 13.8. The Morgan fingerprint density at radius 2 is 2.30 bits per heavy atom. The van der Waals surface area contributed by atoms with E-state index in [1.165, 1.54) is 11.3 Å². The second kappa shape index (κ2) is 6.41. The lowest BCUT2D eigenvalue weighted by atomic mass is 10.1. The van der Waals surface area contributed by atoms with Gasteiger partial charge in [-0.15, -0.1) is 11.3 Å². The molecule has 0 saturated heterocycles. The van der Waals surface area contributed by atoms with Crippen molar-refractivity contribution in [2.45, 2.75) is 19.5 Å². The topological polar surface area (TPSA) is 76.5 Å². The van der Waals surface area contributed by atoms with Crippen LogP contribution >= 0.6 is 11.3 Å². The quantitative estimate of drug-likeness (QED) is 0.914. The first-order valence-corrected chi connectivity index (χ1v) is 8.27. The van der Waals surface area contributed by atoms with Gasteiger partial charge < -0.3 is 15.0 Å². The Kier molecular flexibility index (Phi) is 4.33. The predicted molar refractivity (Wildman–Crippen MR) is 85.6 cm³/mol. The summed E-state index contributed by atoms with van der Waals surface area (Å²) in [5.74, 6) is 0.312. The van der Waals surface area contributed by atoms with Gasteiger partial charge in [0.25, 0.3) is 5.91 Å². The van der Waals surface area contributed by atoms with Gasteiger partial charge >= 0.3 is 0 Å². The van der Waals surface area contributed by atoms with Gasteiger partial charge in [0.05, 0.1) is 25.4 Å². The lowest BCUT2D eigenvalue weighted by Gasteiger charge is -2.32. The largest absolute Gasteiger partial charge is 0.492 e. The van der Waals surface area contributed by atoms with Crippen LogP contribution in [0.2, 0.25) is 0 Å². The number of hydrogen-bond acceptors (Lipinski definition) is 5. The average molecular weight is 334 g/mol. The van der Waals surface area contributed by atoms with Crippen LogP contribution in [0.1, 0.15) is 28.3 Å². The van der Waals surface area contributed by atoms with E-state index in [1.54, 1.807) is 28.9 Å². The Bertz CT molecular complexity index is 724. The monoisotopic (exact) mass is 334 g/mol. The highest BCUT2D eigenvalue weighted by Gasteiger charge is 2.34. The van der Waals surface area contributed by atoms with E-state index in [0.29, 0.717) is 23.8 Å². The van der Waals surface area contributed by atoms with Crippen molar-refractivity contribution in [1.82, 2.24) is 20.0 Å². The molecule has 23 heavy (non-hydrogen) atoms. The number of carbonyl (C=O) groups is 2. The van der Waals surface area contributed by atoms with Crippen molar-refractivity contribution in [3.05, 3.63) is 34.3 Å². The Labute approximate surface area is 137 Å². The molecule has 1 aliphatic heterocycles. The molecule has 0 aromatic carbocycles. The SMILES string of the molecule is CCOc1ccsc1C(=O)N1Cc2ccnn2[C@H](C(=O)NC)C1. The third kappa shape index (κ3) is 2.81. The van der Waals surface area contributed by atoms with E-state index in [-0.39, 0.29) is 18.4 Å². The molecule has 0 unspecified atom stereocenters. The van der Waals surface area contributed by atoms with E-state index in [2.05, 4.69) is 10.4 Å². The summed E-state index contributed by atoms with van der Waals surface area (Å²) >= 11 is 1.35. The summed E-state index contributed by atoms with van der Waals surface area (Å²) in [7, 11) is 1.58. The van der Waals surface area contributed by atoms with Crippen LogP contribution in [0.5, 0.6) is 5.75 Å². The van der Waals surface area contributed by atoms with Gasteiger partial charge in [-0.2, -0.15) is 5.10 Å². The molecule has 8 heteroatoms. The Morgan fingerprint density at radius 3 is 3.04 bits per heavy atom. The molecule has 7 nitrogen and oxygen atoms in total. The summed E-state index contributed by atoms with van der Waals surface area (Å²) in [6.07, 6.45) is 1.65. The number of hydrogen-bond donors (Lipinski definition) is 1. The fourth-order valence-electron chi connectivity index (χ4n) is 2.68. The molecule has 0 fully saturated rings. The van der Waals surface area contributed by atoms with Gasteiger partial charge in [-0.05, 0) is 24.4 Å². The van der Waals surface area contributed by atoms with Gasteiger partial charge in [0.15, 0.2) is 0 Å². The molecular formula is C15H18N4O3S. The number of ether oxygens (including phenoxy) is 1. The van der Waals surface area contributed by atoms with Crippen LogP contribution in [-0.4, -0.2) is 46.7 Å². The lowest BCUT2D eigenvalue weighted by molar-refractivity contribution is -0.125. The maximum absolute atomic E-state index is 12.8. The van der Waals surface area contributed by atoms with Gasteiger partial charge in [-0.1, -0.05) is 0 Å². The standard InChI is InChI=1S/C15H18N4O3S/c1-3-22-12-5-7-23-13(12)15(21)18-8-10-4-6-17-19(10)11(9-18)14(20)16-2/h4-7,11H,3,8-9H2,1-2H3,(H,16,20)/t11-/m0/s1. The van der Waals surface area contributed by atoms with Crippen LogP contribution in [0, 0.1) is 0 Å². The van der Waals surface area contributed by atoms with Gasteiger partial charge in [0.2, 0.25) is 5.91 Å². The fraction of sp³-hybridized carbons (Fsp3) is 0.400. The first kappa shape index (κ1) is 15.5. The second-order valence-electron chi connectivity index (χ2n) is 5.13. The Morgan fingerprint density at radius 1 is 1.48 bits per heavy atom. The fourth-order valence-corrected chi connectivity index (χ4v) is 3.48. The minimum atomic E-state index is -0.516. The van der Waals surface area contributed by atoms with Crippen LogP contribution in [-0.2, 0) is 11.3 Å². The number of nitrogens with zero attached hydrogens (tertiary/aromatic N) is 3. The highest BCUT2D eigenvalue weighted by molar-refractivity contribution is 7.12. The molecule has 1 N–H and O–H groups in total. The molecule has 0 bridgehead atoms. The van der Waals surface area contributed by atoms with Gasteiger partial charge in [0, 0.05) is 13.2 Å². The molecule has 0 spiro atoms. The first-order valence-electron chi connectivity index (χ1n) is 7.39. The zero-order chi connectivity index (χ0) is 16.4. The lowest BCUT2D eigenvalue weighted by Crippen LogP contribution is -2.46. The van der Waals surface area contributed by atoms with Gasteiger partial charge in [-0.3, -0.25) is 14.3 Å². The Hall–Kier alpha value is -2.35. The van der Waals surface area contributed by atoms with Crippen molar-refractivity contribution in [2.75, 3.05) is 20.2 Å². The third-order valence-corrected chi connectivity index (χ3v) is 4.64. The third-order valence-electron chi connectivity index (χ3n) is 3.75. The molecule has 2 aromatic rings. The summed E-state index contributed by atoms with van der Waals surface area (Å²) < 4.78 is 7.19. The van der Waals surface area contributed by atoms with Crippen LogP contribution in [0.15, 0.2) is 23.7 Å². The number of nitrogens with one attached hydrogen (secondary N) is 1. The van der Waals surface area contributed by atoms with E-state index in [9.17, 15) is 9.59 Å². The summed E-state index contributed by atoms with van der Waals surface area (Å²) in [4.78, 5) is 27.2. The smallest absolute Gasteiger partial charge is 0.268 e. The van der Waals surface area contributed by atoms with Crippen LogP contribution in [0.3, 0.4) is 0 Å². The number of carbonyl (C=O) groups excluding carboxylic acids is 2. The van der Waals surface area contributed by atoms with Gasteiger partial charge in [0.1, 0.15) is 16.7 Å². The molecule has 2 aromatic heterocycles. The van der Waals surface area contributed by atoms with Crippen LogP contribution in [0.4, 0.5) is 0 Å². The Balaban J connectivity index is 1.88. The molecule has 1 aliphatic rings. The zero-order valence-electron chi connectivity index (χ0n) is 13.0. The van der Waals surface area contributed by atoms with Gasteiger partial charge in [-0.25, -0.2) is 0 Å². The average Bonchev–Trinajstić information content (AvgIpc) is 3.21. The van der Waals surface area contributed by atoms with Crippen molar-refractivity contribution in [2.24, 2.45) is 0 Å². The highest BCUT2D eigenvalue weighted by Crippen LogP contribution is 2.29. The predicted octanol–water partition coefficient (Wildman–Crippen LogP) is 1.29. The van der Waals surface area contributed by atoms with Crippen LogP contribution in [0.25, 0.3) is 0 Å². The van der Waals surface area contributed by atoms with E-state index in [0.717, 1.165) is 5.69 Å². The van der Waals surface area contributed by atoms with Crippen molar-refractivity contribution in [1.29, 1.82) is 0 Å². The van der Waals surface area contributed by atoms with Crippen molar-refractivity contribution in [3.8, 4) is 5.75 Å². The number of thiophene rings is 1. The number of aromatic nitrogens is 2. The number of rotatable bonds is 4. The molecular weight excluding hydrogens is 316 g/mol. The van der Waals surface area contributed by atoms with E-state index in [4.69, 9.17) is 4.74 Å². The van der Waals surface area contributed by atoms with E-state index >= 15 is 0 Å². The minimum Gasteiger partial charge on any atom is -0.492 e. The van der Waals surface area contributed by atoms with E-state index in [1.807, 2.05) is 18.4 Å². The second-order valence-corrected chi connectivity index (χ2v) is 6.05. The molecule has 122 valence electrons. The summed E-state index contributed by atoms with van der Waals surface area (Å²) in [6, 6.07) is 3.11. The maximum atomic E-state index is 12.8. The molecule has 3 heterocycles. The van der Waals surface area contributed by atoms with E-state index < -0.39 is 6.04 Å². The summed E-state index contributed by atoms with van der Waals surface area (Å²) in [5, 5.41) is 8.67. The maximum Gasteiger partial charge on any atom is 0.268 e. The van der Waals surface area contributed by atoms with Crippen molar-refractivity contribution < 1.29 is 14.3 Å². The number of fused-ring (bicyclic) bond motifs is 1. The number of amides is 2. The van der Waals surface area contributed by atoms with Crippen molar-refractivity contribution in [3.63, 3.8) is 0 Å².